The van der Waals surface area contributed by atoms with Gasteiger partial charge in [-0.2, -0.15) is 13.2 Å². The summed E-state index contributed by atoms with van der Waals surface area (Å²) in [6.07, 6.45) is -4.39. The zero-order valence-electron chi connectivity index (χ0n) is 16.5. The standard InChI is InChI=1S/C24H21F3N2O2/c25-24(26,27)17-9-11-19(12-10-17)31-20-8-4-7-18(13-20)29-23(30)22-15-28-14-21(22)16-5-2-1-3-6-16/h1-13,21-22,28H,14-15H2,(H,29,30)/t21?,22-/m0/s1. The Balaban J connectivity index is 1.43. The number of ether oxygens (including phenoxy) is 1. The number of carbonyl (C=O) groups is 1. The largest absolute Gasteiger partial charge is 0.457 e. The summed E-state index contributed by atoms with van der Waals surface area (Å²) in [6, 6.07) is 21.2. The summed E-state index contributed by atoms with van der Waals surface area (Å²) >= 11 is 0. The summed E-state index contributed by atoms with van der Waals surface area (Å²) in [5.41, 5.74) is 0.944. The topological polar surface area (TPSA) is 50.4 Å². The Morgan fingerprint density at radius 1 is 0.903 bits per heavy atom. The molecular weight excluding hydrogens is 405 g/mol. The van der Waals surface area contributed by atoms with Crippen LogP contribution in [0.3, 0.4) is 0 Å². The van der Waals surface area contributed by atoms with Gasteiger partial charge in [-0.3, -0.25) is 4.79 Å². The van der Waals surface area contributed by atoms with E-state index in [2.05, 4.69) is 10.6 Å². The van der Waals surface area contributed by atoms with Crippen molar-refractivity contribution in [3.05, 3.63) is 90.0 Å². The van der Waals surface area contributed by atoms with Crippen molar-refractivity contribution in [3.63, 3.8) is 0 Å². The first-order chi connectivity index (χ1) is 14.9. The molecule has 4 nitrogen and oxygen atoms in total. The predicted molar refractivity (Wildman–Crippen MR) is 112 cm³/mol. The van der Waals surface area contributed by atoms with E-state index in [1.807, 2.05) is 30.3 Å². The van der Waals surface area contributed by atoms with Crippen molar-refractivity contribution in [1.29, 1.82) is 0 Å². The van der Waals surface area contributed by atoms with E-state index in [0.717, 1.165) is 24.2 Å². The molecule has 2 atom stereocenters. The van der Waals surface area contributed by atoms with Crippen LogP contribution in [0.4, 0.5) is 18.9 Å². The molecule has 1 amide bonds. The van der Waals surface area contributed by atoms with Crippen molar-refractivity contribution in [2.75, 3.05) is 18.4 Å². The highest BCUT2D eigenvalue weighted by atomic mass is 19.4. The summed E-state index contributed by atoms with van der Waals surface area (Å²) in [7, 11) is 0. The van der Waals surface area contributed by atoms with Gasteiger partial charge in [-0.15, -0.1) is 0 Å². The molecule has 3 aromatic rings. The fourth-order valence-electron chi connectivity index (χ4n) is 3.73. The van der Waals surface area contributed by atoms with Gasteiger partial charge in [0.25, 0.3) is 0 Å². The number of amides is 1. The van der Waals surface area contributed by atoms with Crippen LogP contribution in [0.1, 0.15) is 17.0 Å². The zero-order valence-corrected chi connectivity index (χ0v) is 16.5. The van der Waals surface area contributed by atoms with Crippen molar-refractivity contribution >= 4 is 11.6 Å². The van der Waals surface area contributed by atoms with E-state index >= 15 is 0 Å². The molecular formula is C24H21F3N2O2. The van der Waals surface area contributed by atoms with E-state index in [-0.39, 0.29) is 23.5 Å². The van der Waals surface area contributed by atoms with Crippen LogP contribution in [0.25, 0.3) is 0 Å². The van der Waals surface area contributed by atoms with Gasteiger partial charge < -0.3 is 15.4 Å². The van der Waals surface area contributed by atoms with Crippen molar-refractivity contribution in [2.45, 2.75) is 12.1 Å². The van der Waals surface area contributed by atoms with Crippen LogP contribution in [0, 0.1) is 5.92 Å². The number of anilines is 1. The van der Waals surface area contributed by atoms with Gasteiger partial charge >= 0.3 is 6.18 Å². The predicted octanol–water partition coefficient (Wildman–Crippen LogP) is 5.44. The maximum atomic E-state index is 12.9. The van der Waals surface area contributed by atoms with Crippen LogP contribution < -0.4 is 15.4 Å². The second-order valence-corrected chi connectivity index (χ2v) is 7.42. The summed E-state index contributed by atoms with van der Waals surface area (Å²) in [4.78, 5) is 12.9. The smallest absolute Gasteiger partial charge is 0.416 e. The number of carbonyl (C=O) groups excluding carboxylic acids is 1. The molecule has 0 spiro atoms. The molecule has 4 rings (SSSR count). The third kappa shape index (κ3) is 5.06. The van der Waals surface area contributed by atoms with E-state index in [0.29, 0.717) is 18.0 Å². The lowest BCUT2D eigenvalue weighted by atomic mass is 9.88. The molecule has 1 saturated heterocycles. The Hall–Kier alpha value is -3.32. The number of nitrogens with one attached hydrogen (secondary N) is 2. The minimum Gasteiger partial charge on any atom is -0.457 e. The zero-order chi connectivity index (χ0) is 21.8. The van der Waals surface area contributed by atoms with Gasteiger partial charge in [-0.05, 0) is 42.0 Å². The van der Waals surface area contributed by atoms with Gasteiger partial charge in [0.2, 0.25) is 5.91 Å². The van der Waals surface area contributed by atoms with Crippen LogP contribution in [0.15, 0.2) is 78.9 Å². The highest BCUT2D eigenvalue weighted by molar-refractivity contribution is 5.93. The van der Waals surface area contributed by atoms with E-state index in [9.17, 15) is 18.0 Å². The van der Waals surface area contributed by atoms with Crippen molar-refractivity contribution < 1.29 is 22.7 Å². The Bertz CT molecular complexity index is 1040. The molecule has 0 radical (unpaired) electrons. The maximum absolute atomic E-state index is 12.9. The normalized spacial score (nSPS) is 18.5. The molecule has 1 fully saturated rings. The number of halogens is 3. The average molecular weight is 426 g/mol. The lowest BCUT2D eigenvalue weighted by Gasteiger charge is -2.19. The van der Waals surface area contributed by atoms with Crippen molar-refractivity contribution in [2.24, 2.45) is 5.92 Å². The second-order valence-electron chi connectivity index (χ2n) is 7.42. The van der Waals surface area contributed by atoms with Gasteiger partial charge in [-0.25, -0.2) is 0 Å². The molecule has 0 aromatic heterocycles. The summed E-state index contributed by atoms with van der Waals surface area (Å²) < 4.78 is 43.8. The molecule has 1 unspecified atom stereocenters. The van der Waals surface area contributed by atoms with Crippen molar-refractivity contribution in [3.8, 4) is 11.5 Å². The second kappa shape index (κ2) is 8.81. The minimum absolute atomic E-state index is 0.0905. The molecule has 0 aliphatic carbocycles. The maximum Gasteiger partial charge on any atom is 0.416 e. The number of rotatable bonds is 5. The highest BCUT2D eigenvalue weighted by Gasteiger charge is 2.34. The quantitative estimate of drug-likeness (QED) is 0.571. The number of alkyl halides is 3. The third-order valence-electron chi connectivity index (χ3n) is 5.30. The Morgan fingerprint density at radius 2 is 1.65 bits per heavy atom. The lowest BCUT2D eigenvalue weighted by Crippen LogP contribution is -2.28. The Labute approximate surface area is 178 Å². The SMILES string of the molecule is O=C(Nc1cccc(Oc2ccc(C(F)(F)F)cc2)c1)[C@H]1CNCC1c1ccccc1. The number of benzene rings is 3. The molecule has 31 heavy (non-hydrogen) atoms. The first-order valence-corrected chi connectivity index (χ1v) is 9.92. The third-order valence-corrected chi connectivity index (χ3v) is 5.30. The van der Waals surface area contributed by atoms with Crippen LogP contribution in [0.5, 0.6) is 11.5 Å². The molecule has 0 bridgehead atoms. The van der Waals surface area contributed by atoms with Crippen LogP contribution in [-0.2, 0) is 11.0 Å². The van der Waals surface area contributed by atoms with Gasteiger partial charge in [0.15, 0.2) is 0 Å². The van der Waals surface area contributed by atoms with Gasteiger partial charge in [0.05, 0.1) is 11.5 Å². The first-order valence-electron chi connectivity index (χ1n) is 9.92. The highest BCUT2D eigenvalue weighted by Crippen LogP contribution is 2.32. The molecule has 2 N–H and O–H groups in total. The van der Waals surface area contributed by atoms with Crippen LogP contribution >= 0.6 is 0 Å². The van der Waals surface area contributed by atoms with Gasteiger partial charge in [0, 0.05) is 30.8 Å². The molecule has 1 aliphatic heterocycles. The lowest BCUT2D eigenvalue weighted by molar-refractivity contribution is -0.137. The first kappa shape index (κ1) is 20.9. The van der Waals surface area contributed by atoms with E-state index < -0.39 is 11.7 Å². The molecule has 160 valence electrons. The van der Waals surface area contributed by atoms with Crippen molar-refractivity contribution in [1.82, 2.24) is 5.32 Å². The minimum atomic E-state index is -4.39. The molecule has 0 saturated carbocycles. The summed E-state index contributed by atoms with van der Waals surface area (Å²) in [5.74, 6) is 0.488. The van der Waals surface area contributed by atoms with Crippen LogP contribution in [0.2, 0.25) is 0 Å². The molecule has 1 heterocycles. The fourth-order valence-corrected chi connectivity index (χ4v) is 3.73. The van der Waals surface area contributed by atoms with E-state index in [4.69, 9.17) is 4.74 Å². The number of hydrogen-bond acceptors (Lipinski definition) is 3. The Kier molecular flexibility index (Phi) is 5.95. The van der Waals surface area contributed by atoms with Gasteiger partial charge in [0.1, 0.15) is 11.5 Å². The summed E-state index contributed by atoms with van der Waals surface area (Å²) in [6.45, 7) is 1.33. The fraction of sp³-hybridized carbons (Fsp3) is 0.208. The van der Waals surface area contributed by atoms with Gasteiger partial charge in [-0.1, -0.05) is 36.4 Å². The average Bonchev–Trinajstić information content (AvgIpc) is 3.25. The summed E-state index contributed by atoms with van der Waals surface area (Å²) in [5, 5.41) is 6.21. The monoisotopic (exact) mass is 426 g/mol. The molecule has 7 heteroatoms. The molecule has 1 aliphatic rings. The Morgan fingerprint density at radius 3 is 2.35 bits per heavy atom. The van der Waals surface area contributed by atoms with Crippen LogP contribution in [-0.4, -0.2) is 19.0 Å². The molecule has 3 aromatic carbocycles. The number of hydrogen-bond donors (Lipinski definition) is 2. The van der Waals surface area contributed by atoms with E-state index in [1.165, 1.54) is 12.1 Å². The van der Waals surface area contributed by atoms with E-state index in [1.54, 1.807) is 24.3 Å².